The fourth-order valence-corrected chi connectivity index (χ4v) is 3.74. The predicted octanol–water partition coefficient (Wildman–Crippen LogP) is 2.11. The summed E-state index contributed by atoms with van der Waals surface area (Å²) in [4.78, 5) is 14.2. The van der Waals surface area contributed by atoms with Crippen LogP contribution in [0.15, 0.2) is 53.4 Å². The van der Waals surface area contributed by atoms with Crippen molar-refractivity contribution in [1.29, 1.82) is 0 Å². The minimum absolute atomic E-state index is 0.0372. The Bertz CT molecular complexity index is 903. The van der Waals surface area contributed by atoms with Crippen molar-refractivity contribution >= 4 is 27.5 Å². The van der Waals surface area contributed by atoms with Gasteiger partial charge in [-0.2, -0.15) is 0 Å². The van der Waals surface area contributed by atoms with Gasteiger partial charge >= 0.3 is 0 Å². The molecule has 0 bridgehead atoms. The fourth-order valence-electron chi connectivity index (χ4n) is 3.10. The van der Waals surface area contributed by atoms with E-state index in [4.69, 9.17) is 16.7 Å². The van der Waals surface area contributed by atoms with Crippen molar-refractivity contribution in [3.8, 4) is 0 Å². The third-order valence-corrected chi connectivity index (χ3v) is 5.87. The van der Waals surface area contributed by atoms with Crippen molar-refractivity contribution in [2.24, 2.45) is 5.14 Å². The van der Waals surface area contributed by atoms with Gasteiger partial charge in [0.2, 0.25) is 10.0 Å². The zero-order valence-corrected chi connectivity index (χ0v) is 15.5. The molecule has 2 aromatic rings. The van der Waals surface area contributed by atoms with Gasteiger partial charge in [0.05, 0.1) is 10.5 Å². The van der Waals surface area contributed by atoms with Crippen LogP contribution >= 0.6 is 11.6 Å². The highest BCUT2D eigenvalue weighted by atomic mass is 35.5. The van der Waals surface area contributed by atoms with Crippen LogP contribution in [-0.2, 0) is 15.6 Å². The van der Waals surface area contributed by atoms with Gasteiger partial charge in [-0.25, -0.2) is 13.6 Å². The van der Waals surface area contributed by atoms with Crippen LogP contribution in [-0.4, -0.2) is 37.4 Å². The first-order valence-corrected chi connectivity index (χ1v) is 10.0. The summed E-state index contributed by atoms with van der Waals surface area (Å²) < 4.78 is 22.6. The Morgan fingerprint density at radius 1 is 1.04 bits per heavy atom. The normalized spacial score (nSPS) is 17.1. The zero-order valence-electron chi connectivity index (χ0n) is 13.9. The standard InChI is InChI=1S/C18H19ClN2O4S/c19-15-5-3-14(4-6-15)18(23)9-11-21(12-10-18)17(22)13-1-7-16(8-2-13)26(20,24)25/h1-8,23H,9-12H2,(H2,20,24,25). The minimum atomic E-state index is -3.79. The fraction of sp³-hybridized carbons (Fsp3) is 0.278. The first-order chi connectivity index (χ1) is 12.2. The number of benzene rings is 2. The van der Waals surface area contributed by atoms with E-state index in [2.05, 4.69) is 0 Å². The summed E-state index contributed by atoms with van der Waals surface area (Å²) in [6.07, 6.45) is 0.825. The van der Waals surface area contributed by atoms with Gasteiger partial charge in [0.15, 0.2) is 0 Å². The maximum Gasteiger partial charge on any atom is 0.253 e. The van der Waals surface area contributed by atoms with Gasteiger partial charge in [-0.05, 0) is 54.8 Å². The molecule has 1 fully saturated rings. The summed E-state index contributed by atoms with van der Waals surface area (Å²) in [7, 11) is -3.79. The van der Waals surface area contributed by atoms with Crippen LogP contribution in [0.5, 0.6) is 0 Å². The number of amides is 1. The highest BCUT2D eigenvalue weighted by Crippen LogP contribution is 2.33. The van der Waals surface area contributed by atoms with Crippen molar-refractivity contribution in [1.82, 2.24) is 4.90 Å². The van der Waals surface area contributed by atoms with Crippen LogP contribution in [0, 0.1) is 0 Å². The number of primary sulfonamides is 1. The van der Waals surface area contributed by atoms with E-state index in [1.165, 1.54) is 24.3 Å². The highest BCUT2D eigenvalue weighted by Gasteiger charge is 2.35. The number of aliphatic hydroxyl groups is 1. The molecule has 1 aliphatic rings. The summed E-state index contributed by atoms with van der Waals surface area (Å²) in [5.41, 5.74) is 0.180. The Morgan fingerprint density at radius 2 is 1.58 bits per heavy atom. The lowest BCUT2D eigenvalue weighted by Crippen LogP contribution is -2.45. The average molecular weight is 395 g/mol. The maximum atomic E-state index is 12.6. The van der Waals surface area contributed by atoms with E-state index in [9.17, 15) is 18.3 Å². The first kappa shape index (κ1) is 18.8. The molecule has 6 nitrogen and oxygen atoms in total. The number of likely N-dealkylation sites (tertiary alicyclic amines) is 1. The summed E-state index contributed by atoms with van der Waals surface area (Å²) >= 11 is 5.89. The molecule has 1 amide bonds. The maximum absolute atomic E-state index is 12.6. The van der Waals surface area contributed by atoms with Gasteiger partial charge in [0, 0.05) is 23.7 Å². The smallest absolute Gasteiger partial charge is 0.253 e. The van der Waals surface area contributed by atoms with Crippen molar-refractivity contribution in [3.05, 3.63) is 64.7 Å². The third-order valence-electron chi connectivity index (χ3n) is 4.69. The Hall–Kier alpha value is -1.93. The Labute approximate surface area is 157 Å². The van der Waals surface area contributed by atoms with E-state index in [0.29, 0.717) is 36.5 Å². The molecule has 1 saturated heterocycles. The van der Waals surface area contributed by atoms with Crippen LogP contribution < -0.4 is 5.14 Å². The van der Waals surface area contributed by atoms with Crippen LogP contribution in [0.4, 0.5) is 0 Å². The van der Waals surface area contributed by atoms with Gasteiger partial charge in [0.1, 0.15) is 0 Å². The number of carbonyl (C=O) groups excluding carboxylic acids is 1. The monoisotopic (exact) mass is 394 g/mol. The van der Waals surface area contributed by atoms with Crippen molar-refractivity contribution in [3.63, 3.8) is 0 Å². The van der Waals surface area contributed by atoms with Crippen LogP contribution in [0.25, 0.3) is 0 Å². The summed E-state index contributed by atoms with van der Waals surface area (Å²) in [6, 6.07) is 12.6. The van der Waals surface area contributed by atoms with Gasteiger partial charge in [-0.15, -0.1) is 0 Å². The molecule has 3 N–H and O–H groups in total. The highest BCUT2D eigenvalue weighted by molar-refractivity contribution is 7.89. The second-order valence-corrected chi connectivity index (χ2v) is 8.40. The van der Waals surface area contributed by atoms with Gasteiger partial charge < -0.3 is 10.0 Å². The van der Waals surface area contributed by atoms with Crippen LogP contribution in [0.1, 0.15) is 28.8 Å². The van der Waals surface area contributed by atoms with Crippen molar-refractivity contribution in [2.75, 3.05) is 13.1 Å². The number of hydrogen-bond donors (Lipinski definition) is 2. The molecule has 1 aliphatic heterocycles. The number of sulfonamides is 1. The second kappa shape index (κ2) is 7.00. The lowest BCUT2D eigenvalue weighted by atomic mass is 9.84. The minimum Gasteiger partial charge on any atom is -0.385 e. The topological polar surface area (TPSA) is 101 Å². The van der Waals surface area contributed by atoms with E-state index in [1.807, 2.05) is 0 Å². The number of carbonyl (C=O) groups is 1. The zero-order chi connectivity index (χ0) is 18.9. The molecule has 138 valence electrons. The number of piperidine rings is 1. The number of nitrogens with zero attached hydrogens (tertiary/aromatic N) is 1. The Morgan fingerprint density at radius 3 is 2.08 bits per heavy atom. The lowest BCUT2D eigenvalue weighted by molar-refractivity contribution is -0.0211. The molecule has 3 rings (SSSR count). The van der Waals surface area contributed by atoms with Crippen molar-refractivity contribution in [2.45, 2.75) is 23.3 Å². The second-order valence-electron chi connectivity index (χ2n) is 6.40. The van der Waals surface area contributed by atoms with E-state index < -0.39 is 15.6 Å². The number of halogens is 1. The van der Waals surface area contributed by atoms with Crippen LogP contribution in [0.3, 0.4) is 0 Å². The van der Waals surface area contributed by atoms with E-state index in [-0.39, 0.29) is 10.8 Å². The molecule has 26 heavy (non-hydrogen) atoms. The molecule has 0 atom stereocenters. The van der Waals surface area contributed by atoms with Crippen molar-refractivity contribution < 1.29 is 18.3 Å². The number of rotatable bonds is 3. The van der Waals surface area contributed by atoms with Gasteiger partial charge in [-0.1, -0.05) is 23.7 Å². The largest absolute Gasteiger partial charge is 0.385 e. The third kappa shape index (κ3) is 3.91. The van der Waals surface area contributed by atoms with Gasteiger partial charge in [0.25, 0.3) is 5.91 Å². The summed E-state index contributed by atoms with van der Waals surface area (Å²) in [6.45, 7) is 0.795. The lowest BCUT2D eigenvalue weighted by Gasteiger charge is -2.38. The molecular weight excluding hydrogens is 376 g/mol. The molecule has 0 unspecified atom stereocenters. The van der Waals surface area contributed by atoms with Gasteiger partial charge in [-0.3, -0.25) is 4.79 Å². The van der Waals surface area contributed by atoms with E-state index >= 15 is 0 Å². The Kier molecular flexibility index (Phi) is 5.07. The number of nitrogens with two attached hydrogens (primary N) is 1. The van der Waals surface area contributed by atoms with Crippen LogP contribution in [0.2, 0.25) is 5.02 Å². The predicted molar refractivity (Wildman–Crippen MR) is 98.3 cm³/mol. The number of hydrogen-bond acceptors (Lipinski definition) is 4. The van der Waals surface area contributed by atoms with E-state index in [0.717, 1.165) is 5.56 Å². The molecule has 1 heterocycles. The molecule has 2 aromatic carbocycles. The molecule has 0 aromatic heterocycles. The molecular formula is C18H19ClN2O4S. The Balaban J connectivity index is 1.69. The quantitative estimate of drug-likeness (QED) is 0.832. The molecule has 0 spiro atoms. The molecule has 0 radical (unpaired) electrons. The molecule has 8 heteroatoms. The average Bonchev–Trinajstić information content (AvgIpc) is 2.62. The van der Waals surface area contributed by atoms with E-state index in [1.54, 1.807) is 29.2 Å². The first-order valence-electron chi connectivity index (χ1n) is 8.10. The summed E-state index contributed by atoms with van der Waals surface area (Å²) in [5, 5.41) is 16.5. The summed E-state index contributed by atoms with van der Waals surface area (Å²) in [5.74, 6) is -0.205. The molecule has 0 saturated carbocycles. The SMILES string of the molecule is NS(=O)(=O)c1ccc(C(=O)N2CCC(O)(c3ccc(Cl)cc3)CC2)cc1. The molecule has 0 aliphatic carbocycles.